The molecule has 0 bridgehead atoms. The fourth-order valence-corrected chi connectivity index (χ4v) is 4.52. The number of fused-ring (bicyclic) bond motifs is 1. The van der Waals surface area contributed by atoms with Crippen molar-refractivity contribution in [1.82, 2.24) is 0 Å². The summed E-state index contributed by atoms with van der Waals surface area (Å²) < 4.78 is 0. The van der Waals surface area contributed by atoms with Gasteiger partial charge in [-0.25, -0.2) is 0 Å². The van der Waals surface area contributed by atoms with Crippen LogP contribution in [0, 0.1) is 29.6 Å². The molecule has 1 unspecified atom stereocenters. The highest BCUT2D eigenvalue weighted by atomic mass is 16.3. The van der Waals surface area contributed by atoms with Crippen LogP contribution in [0.3, 0.4) is 0 Å². The van der Waals surface area contributed by atoms with E-state index >= 15 is 0 Å². The van der Waals surface area contributed by atoms with Crippen LogP contribution >= 0.6 is 0 Å². The Morgan fingerprint density at radius 2 is 1.57 bits per heavy atom. The number of hydrogen-bond acceptors (Lipinski definition) is 4. The summed E-state index contributed by atoms with van der Waals surface area (Å²) in [5.41, 5.74) is -2.63. The van der Waals surface area contributed by atoms with Gasteiger partial charge >= 0.3 is 0 Å². The van der Waals surface area contributed by atoms with Crippen LogP contribution in [0.25, 0.3) is 0 Å². The average molecular weight is 324 g/mol. The molecule has 4 nitrogen and oxygen atoms in total. The number of carbonyl (C=O) groups excluding carboxylic acids is 2. The Morgan fingerprint density at radius 1 is 0.957 bits per heavy atom. The van der Waals surface area contributed by atoms with Gasteiger partial charge in [0.2, 0.25) is 0 Å². The van der Waals surface area contributed by atoms with E-state index in [0.717, 1.165) is 12.8 Å². The van der Waals surface area contributed by atoms with Crippen molar-refractivity contribution in [2.24, 2.45) is 29.6 Å². The molecule has 23 heavy (non-hydrogen) atoms. The fraction of sp³-hybridized carbons (Fsp3) is 0.895. The van der Waals surface area contributed by atoms with Gasteiger partial charge in [0.15, 0.2) is 5.78 Å². The van der Waals surface area contributed by atoms with E-state index < -0.39 is 17.1 Å². The summed E-state index contributed by atoms with van der Waals surface area (Å²) in [5, 5.41) is 21.8. The molecule has 0 amide bonds. The maximum absolute atomic E-state index is 12.9. The lowest BCUT2D eigenvalue weighted by atomic mass is 9.75. The molecule has 0 aromatic heterocycles. The Kier molecular flexibility index (Phi) is 5.08. The molecular formula is C19H32O4. The lowest BCUT2D eigenvalue weighted by Crippen LogP contribution is -2.49. The van der Waals surface area contributed by atoms with Crippen LogP contribution in [0.4, 0.5) is 0 Å². The predicted octanol–water partition coefficient (Wildman–Crippen LogP) is 2.75. The SMILES string of the molecule is CC1C[C@]2(O)C(=O)[C@H](C)C[C@@H](C)[C@@H](C)CC[C@](C)(O)C[C@H]2C1=O. The topological polar surface area (TPSA) is 74.6 Å². The summed E-state index contributed by atoms with van der Waals surface area (Å²) >= 11 is 0. The monoisotopic (exact) mass is 324 g/mol. The first-order valence-electron chi connectivity index (χ1n) is 9.00. The number of rotatable bonds is 0. The largest absolute Gasteiger partial charge is 0.390 e. The van der Waals surface area contributed by atoms with E-state index in [0.29, 0.717) is 18.3 Å². The molecule has 132 valence electrons. The predicted molar refractivity (Wildman–Crippen MR) is 88.8 cm³/mol. The lowest BCUT2D eigenvalue weighted by molar-refractivity contribution is -0.151. The molecule has 4 heteroatoms. The van der Waals surface area contributed by atoms with Gasteiger partial charge in [-0.3, -0.25) is 9.59 Å². The molecule has 0 aromatic rings. The van der Waals surface area contributed by atoms with Crippen molar-refractivity contribution in [1.29, 1.82) is 0 Å². The van der Waals surface area contributed by atoms with Crippen LogP contribution < -0.4 is 0 Å². The summed E-state index contributed by atoms with van der Waals surface area (Å²) in [6, 6.07) is 0. The molecule has 7 atom stereocenters. The lowest BCUT2D eigenvalue weighted by Gasteiger charge is -2.34. The van der Waals surface area contributed by atoms with E-state index in [-0.39, 0.29) is 36.2 Å². The number of hydrogen-bond donors (Lipinski definition) is 2. The van der Waals surface area contributed by atoms with E-state index in [1.54, 1.807) is 13.8 Å². The number of carbonyl (C=O) groups is 2. The Bertz CT molecular complexity index is 484. The zero-order chi connectivity index (χ0) is 17.6. The van der Waals surface area contributed by atoms with Crippen LogP contribution in [0.5, 0.6) is 0 Å². The molecular weight excluding hydrogens is 292 g/mol. The highest BCUT2D eigenvalue weighted by Gasteiger charge is 2.57. The van der Waals surface area contributed by atoms with E-state index in [9.17, 15) is 19.8 Å². The van der Waals surface area contributed by atoms with Gasteiger partial charge in [0.1, 0.15) is 11.4 Å². The second-order valence-electron chi connectivity index (χ2n) is 8.68. The van der Waals surface area contributed by atoms with Crippen LogP contribution in [0.15, 0.2) is 0 Å². The van der Waals surface area contributed by atoms with E-state index in [1.807, 2.05) is 6.92 Å². The molecule has 2 N–H and O–H groups in total. The first-order valence-corrected chi connectivity index (χ1v) is 9.00. The first kappa shape index (κ1) is 18.6. The van der Waals surface area contributed by atoms with Crippen molar-refractivity contribution in [2.45, 2.75) is 77.9 Å². The number of ketones is 2. The third kappa shape index (κ3) is 3.53. The smallest absolute Gasteiger partial charge is 0.167 e. The summed E-state index contributed by atoms with van der Waals surface area (Å²) in [7, 11) is 0. The fourth-order valence-electron chi connectivity index (χ4n) is 4.52. The standard InChI is InChI=1S/C19H32O4/c1-11-6-7-18(5,22)10-15-16(20)14(4)9-19(15,23)17(21)13(3)8-12(11)2/h11-15,22-23H,6-10H2,1-5H3/t11-,12+,13+,14?,15-,18-,19+/m0/s1. The molecule has 0 radical (unpaired) electrons. The Hall–Kier alpha value is -0.740. The number of Topliss-reactive ketones (excluding diaryl/α,β-unsaturated/α-hetero) is 2. The normalized spacial score (nSPS) is 49.6. The summed E-state index contributed by atoms with van der Waals surface area (Å²) in [6.07, 6.45) is 2.55. The first-order chi connectivity index (χ1) is 10.5. The van der Waals surface area contributed by atoms with E-state index in [1.165, 1.54) is 0 Å². The van der Waals surface area contributed by atoms with Crippen molar-refractivity contribution in [3.8, 4) is 0 Å². The van der Waals surface area contributed by atoms with Crippen LogP contribution in [-0.2, 0) is 9.59 Å². The Labute approximate surface area is 139 Å². The van der Waals surface area contributed by atoms with Gasteiger partial charge in [-0.15, -0.1) is 0 Å². The zero-order valence-corrected chi connectivity index (χ0v) is 15.1. The van der Waals surface area contributed by atoms with Crippen molar-refractivity contribution >= 4 is 11.6 Å². The second-order valence-corrected chi connectivity index (χ2v) is 8.68. The van der Waals surface area contributed by atoms with Gasteiger partial charge in [-0.05, 0) is 50.9 Å². The van der Waals surface area contributed by atoms with E-state index in [4.69, 9.17) is 0 Å². The summed E-state index contributed by atoms with van der Waals surface area (Å²) in [5.74, 6) is -0.896. The van der Waals surface area contributed by atoms with Gasteiger partial charge in [0, 0.05) is 11.8 Å². The molecule has 2 aliphatic rings. The molecule has 0 aromatic carbocycles. The molecule has 0 spiro atoms. The molecule has 0 heterocycles. The molecule has 2 fully saturated rings. The molecule has 2 rings (SSSR count). The maximum atomic E-state index is 12.9. The van der Waals surface area contributed by atoms with Crippen LogP contribution in [0.1, 0.15) is 66.7 Å². The second kappa shape index (κ2) is 6.29. The van der Waals surface area contributed by atoms with Crippen LogP contribution in [-0.4, -0.2) is 33.0 Å². The minimum Gasteiger partial charge on any atom is -0.390 e. The third-order valence-corrected chi connectivity index (χ3v) is 6.38. The molecule has 0 aliphatic heterocycles. The summed E-state index contributed by atoms with van der Waals surface area (Å²) in [4.78, 5) is 25.5. The van der Waals surface area contributed by atoms with E-state index in [2.05, 4.69) is 13.8 Å². The average Bonchev–Trinajstić information content (AvgIpc) is 2.67. The minimum absolute atomic E-state index is 0.0753. The molecule has 2 saturated carbocycles. The van der Waals surface area contributed by atoms with Gasteiger partial charge in [0.25, 0.3) is 0 Å². The van der Waals surface area contributed by atoms with Crippen molar-refractivity contribution in [2.75, 3.05) is 0 Å². The van der Waals surface area contributed by atoms with Crippen molar-refractivity contribution in [3.63, 3.8) is 0 Å². The third-order valence-electron chi connectivity index (χ3n) is 6.38. The Balaban J connectivity index is 2.41. The van der Waals surface area contributed by atoms with Crippen molar-refractivity contribution in [3.05, 3.63) is 0 Å². The molecule has 2 aliphatic carbocycles. The maximum Gasteiger partial charge on any atom is 0.167 e. The highest BCUT2D eigenvalue weighted by Crippen LogP contribution is 2.45. The quantitative estimate of drug-likeness (QED) is 0.718. The zero-order valence-electron chi connectivity index (χ0n) is 15.1. The van der Waals surface area contributed by atoms with Crippen molar-refractivity contribution < 1.29 is 19.8 Å². The van der Waals surface area contributed by atoms with Gasteiger partial charge in [-0.2, -0.15) is 0 Å². The Morgan fingerprint density at radius 3 is 2.17 bits per heavy atom. The van der Waals surface area contributed by atoms with Gasteiger partial charge in [-0.1, -0.05) is 27.7 Å². The number of aliphatic hydroxyl groups is 2. The molecule has 0 saturated heterocycles. The van der Waals surface area contributed by atoms with Gasteiger partial charge in [0.05, 0.1) is 11.5 Å². The highest BCUT2D eigenvalue weighted by molar-refractivity contribution is 5.99. The minimum atomic E-state index is -1.60. The van der Waals surface area contributed by atoms with Crippen LogP contribution in [0.2, 0.25) is 0 Å². The van der Waals surface area contributed by atoms with Gasteiger partial charge < -0.3 is 10.2 Å². The summed E-state index contributed by atoms with van der Waals surface area (Å²) in [6.45, 7) is 9.65.